The highest BCUT2D eigenvalue weighted by atomic mass is 32.1. The van der Waals surface area contributed by atoms with Gasteiger partial charge in [-0.15, -0.1) is 11.3 Å². The third kappa shape index (κ3) is 3.97. The summed E-state index contributed by atoms with van der Waals surface area (Å²) in [4.78, 5) is 28.7. The second-order valence-electron chi connectivity index (χ2n) is 5.17. The molecule has 21 heavy (non-hydrogen) atoms. The monoisotopic (exact) mass is 309 g/mol. The summed E-state index contributed by atoms with van der Waals surface area (Å²) in [7, 11) is 0. The zero-order chi connectivity index (χ0) is 15.2. The Morgan fingerprint density at radius 1 is 1.33 bits per heavy atom. The van der Waals surface area contributed by atoms with Crippen LogP contribution in [-0.2, 0) is 0 Å². The molecule has 1 fully saturated rings. The molecular weight excluding hydrogens is 286 g/mol. The molecule has 1 saturated heterocycles. The fraction of sp³-hybridized carbons (Fsp3) is 0.600. The lowest BCUT2D eigenvalue weighted by atomic mass is 10.1. The number of hydrogen-bond donors (Lipinski definition) is 1. The summed E-state index contributed by atoms with van der Waals surface area (Å²) in [6.45, 7) is 6.90. The number of nitrogens with zero attached hydrogens (tertiary/aromatic N) is 2. The summed E-state index contributed by atoms with van der Waals surface area (Å²) in [6.07, 6.45) is 1.65. The fourth-order valence-electron chi connectivity index (χ4n) is 2.57. The number of thiophene rings is 1. The molecule has 0 bridgehead atoms. The third-order valence-corrected chi connectivity index (χ3v) is 4.75. The Hall–Kier alpha value is -1.56. The van der Waals surface area contributed by atoms with E-state index in [0.29, 0.717) is 13.1 Å². The van der Waals surface area contributed by atoms with E-state index in [9.17, 15) is 9.59 Å². The first-order chi connectivity index (χ1) is 10.2. The van der Waals surface area contributed by atoms with Gasteiger partial charge in [0.25, 0.3) is 5.91 Å². The van der Waals surface area contributed by atoms with Gasteiger partial charge in [-0.3, -0.25) is 4.79 Å². The van der Waals surface area contributed by atoms with Gasteiger partial charge >= 0.3 is 6.03 Å². The van der Waals surface area contributed by atoms with Crippen LogP contribution in [0, 0.1) is 0 Å². The Kier molecular flexibility index (Phi) is 5.61. The highest BCUT2D eigenvalue weighted by Gasteiger charge is 2.26. The lowest BCUT2D eigenvalue weighted by molar-refractivity contribution is 0.0916. The van der Waals surface area contributed by atoms with Crippen molar-refractivity contribution in [1.29, 1.82) is 0 Å². The second kappa shape index (κ2) is 7.45. The minimum absolute atomic E-state index is 0.00137. The summed E-state index contributed by atoms with van der Waals surface area (Å²) >= 11 is 1.45. The van der Waals surface area contributed by atoms with Crippen LogP contribution in [0.1, 0.15) is 36.4 Å². The number of nitrogens with one attached hydrogen (secondary N) is 1. The molecule has 1 aromatic heterocycles. The molecule has 2 rings (SSSR count). The average molecular weight is 309 g/mol. The number of amides is 3. The minimum Gasteiger partial charge on any atom is -0.348 e. The van der Waals surface area contributed by atoms with Gasteiger partial charge in [0.15, 0.2) is 0 Å². The zero-order valence-corrected chi connectivity index (χ0v) is 13.5. The summed E-state index contributed by atoms with van der Waals surface area (Å²) < 4.78 is 0. The Balaban J connectivity index is 1.80. The third-order valence-electron chi connectivity index (χ3n) is 3.88. The van der Waals surface area contributed by atoms with Crippen molar-refractivity contribution in [1.82, 2.24) is 15.1 Å². The molecular formula is C15H23N3O2S. The van der Waals surface area contributed by atoms with Crippen LogP contribution in [0.15, 0.2) is 17.5 Å². The van der Waals surface area contributed by atoms with Crippen LogP contribution in [0.25, 0.3) is 0 Å². The largest absolute Gasteiger partial charge is 0.348 e. The molecule has 2 heterocycles. The highest BCUT2D eigenvalue weighted by Crippen LogP contribution is 2.14. The van der Waals surface area contributed by atoms with E-state index in [1.807, 2.05) is 41.2 Å². The number of hydrogen-bond acceptors (Lipinski definition) is 3. The average Bonchev–Trinajstić information content (AvgIpc) is 3.03. The maximum absolute atomic E-state index is 12.2. The molecule has 3 amide bonds. The van der Waals surface area contributed by atoms with Crippen LogP contribution in [0.2, 0.25) is 0 Å². The van der Waals surface area contributed by atoms with Gasteiger partial charge in [0, 0.05) is 32.2 Å². The number of urea groups is 1. The molecule has 0 unspecified atom stereocenters. The van der Waals surface area contributed by atoms with Crippen molar-refractivity contribution >= 4 is 23.3 Å². The van der Waals surface area contributed by atoms with Crippen molar-refractivity contribution in [2.24, 2.45) is 0 Å². The zero-order valence-electron chi connectivity index (χ0n) is 12.7. The Bertz CT molecular complexity index is 463. The second-order valence-corrected chi connectivity index (χ2v) is 6.11. The van der Waals surface area contributed by atoms with E-state index in [1.54, 1.807) is 0 Å². The number of rotatable bonds is 4. The smallest absolute Gasteiger partial charge is 0.319 e. The molecule has 116 valence electrons. The lowest BCUT2D eigenvalue weighted by Gasteiger charge is -2.35. The van der Waals surface area contributed by atoms with Gasteiger partial charge in [-0.05, 0) is 38.1 Å². The first kappa shape index (κ1) is 15.8. The quantitative estimate of drug-likeness (QED) is 0.928. The SMILES string of the molecule is CCN(CC)C(=O)N1CCC(NC(=O)c2cccs2)CC1. The Morgan fingerprint density at radius 3 is 2.52 bits per heavy atom. The van der Waals surface area contributed by atoms with Crippen molar-refractivity contribution in [3.8, 4) is 0 Å². The molecule has 1 aliphatic heterocycles. The first-order valence-corrected chi connectivity index (χ1v) is 8.41. The Labute approximate surface area is 129 Å². The highest BCUT2D eigenvalue weighted by molar-refractivity contribution is 7.12. The van der Waals surface area contributed by atoms with E-state index in [4.69, 9.17) is 0 Å². The van der Waals surface area contributed by atoms with Crippen molar-refractivity contribution < 1.29 is 9.59 Å². The number of likely N-dealkylation sites (tertiary alicyclic amines) is 1. The van der Waals surface area contributed by atoms with Crippen LogP contribution >= 0.6 is 11.3 Å². The number of piperidine rings is 1. The standard InChI is InChI=1S/C15H23N3O2S/c1-3-17(4-2)15(20)18-9-7-12(8-10-18)16-14(19)13-6-5-11-21-13/h5-6,11-12H,3-4,7-10H2,1-2H3,(H,16,19). The van der Waals surface area contributed by atoms with Crippen molar-refractivity contribution in [3.05, 3.63) is 22.4 Å². The maximum atomic E-state index is 12.2. The molecule has 0 aliphatic carbocycles. The lowest BCUT2D eigenvalue weighted by Crippen LogP contribution is -2.50. The first-order valence-electron chi connectivity index (χ1n) is 7.53. The Morgan fingerprint density at radius 2 is 2.00 bits per heavy atom. The van der Waals surface area contributed by atoms with Gasteiger partial charge in [0.1, 0.15) is 0 Å². The molecule has 1 N–H and O–H groups in total. The predicted molar refractivity (Wildman–Crippen MR) is 84.7 cm³/mol. The van der Waals surface area contributed by atoms with Gasteiger partial charge in [-0.1, -0.05) is 6.07 Å². The van der Waals surface area contributed by atoms with Gasteiger partial charge in [0.2, 0.25) is 0 Å². The minimum atomic E-state index is -0.00137. The van der Waals surface area contributed by atoms with Gasteiger partial charge in [0.05, 0.1) is 4.88 Å². The molecule has 0 aromatic carbocycles. The van der Waals surface area contributed by atoms with Gasteiger partial charge in [-0.25, -0.2) is 4.79 Å². The van der Waals surface area contributed by atoms with E-state index in [1.165, 1.54) is 11.3 Å². The maximum Gasteiger partial charge on any atom is 0.319 e. The number of carbonyl (C=O) groups is 2. The van der Waals surface area contributed by atoms with E-state index < -0.39 is 0 Å². The van der Waals surface area contributed by atoms with Crippen molar-refractivity contribution in [2.45, 2.75) is 32.7 Å². The fourth-order valence-corrected chi connectivity index (χ4v) is 3.20. The summed E-state index contributed by atoms with van der Waals surface area (Å²) in [5.41, 5.74) is 0. The van der Waals surface area contributed by atoms with E-state index in [0.717, 1.165) is 30.8 Å². The van der Waals surface area contributed by atoms with E-state index >= 15 is 0 Å². The van der Waals surface area contributed by atoms with E-state index in [-0.39, 0.29) is 18.0 Å². The summed E-state index contributed by atoms with van der Waals surface area (Å²) in [6, 6.07) is 3.99. The summed E-state index contributed by atoms with van der Waals surface area (Å²) in [5, 5.41) is 4.96. The molecule has 5 nitrogen and oxygen atoms in total. The molecule has 1 aliphatic rings. The van der Waals surface area contributed by atoms with Crippen LogP contribution in [0.4, 0.5) is 4.79 Å². The molecule has 0 atom stereocenters. The van der Waals surface area contributed by atoms with Crippen LogP contribution < -0.4 is 5.32 Å². The van der Waals surface area contributed by atoms with Gasteiger partial charge in [-0.2, -0.15) is 0 Å². The molecule has 0 radical (unpaired) electrons. The predicted octanol–water partition coefficient (Wildman–Crippen LogP) is 2.40. The van der Waals surface area contributed by atoms with Crippen molar-refractivity contribution in [3.63, 3.8) is 0 Å². The summed E-state index contributed by atoms with van der Waals surface area (Å²) in [5.74, 6) is -0.00137. The van der Waals surface area contributed by atoms with Crippen LogP contribution in [0.3, 0.4) is 0 Å². The molecule has 0 saturated carbocycles. The number of carbonyl (C=O) groups excluding carboxylic acids is 2. The normalized spacial score (nSPS) is 15.8. The van der Waals surface area contributed by atoms with Crippen LogP contribution in [0.5, 0.6) is 0 Å². The van der Waals surface area contributed by atoms with Gasteiger partial charge < -0.3 is 15.1 Å². The topological polar surface area (TPSA) is 52.7 Å². The van der Waals surface area contributed by atoms with Crippen molar-refractivity contribution in [2.75, 3.05) is 26.2 Å². The molecule has 6 heteroatoms. The molecule has 1 aromatic rings. The molecule has 0 spiro atoms. The van der Waals surface area contributed by atoms with E-state index in [2.05, 4.69) is 5.32 Å². The van der Waals surface area contributed by atoms with Crippen LogP contribution in [-0.4, -0.2) is 54.0 Å².